The summed E-state index contributed by atoms with van der Waals surface area (Å²) in [5, 5.41) is 22.7. The third-order valence-electron chi connectivity index (χ3n) is 10.5. The Bertz CT molecular complexity index is 3440. The van der Waals surface area contributed by atoms with Gasteiger partial charge >= 0.3 is 0 Å². The van der Waals surface area contributed by atoms with Crippen molar-refractivity contribution in [3.63, 3.8) is 0 Å². The van der Waals surface area contributed by atoms with Crippen LogP contribution in [0, 0.1) is 5.41 Å². The average molecular weight is 767 g/mol. The molecule has 1 N–H and O–H groups in total. The first-order valence-corrected chi connectivity index (χ1v) is 20.3. The maximum Gasteiger partial charge on any atom is 0.163 e. The lowest BCUT2D eigenvalue weighted by Gasteiger charge is -2.07. The molecule has 11 rings (SSSR count). The van der Waals surface area contributed by atoms with Crippen molar-refractivity contribution in [2.45, 2.75) is 0 Å². The lowest BCUT2D eigenvalue weighted by atomic mass is 10.0. The summed E-state index contributed by atoms with van der Waals surface area (Å²) in [6.07, 6.45) is 5.45. The molecule has 0 unspecified atom stereocenters. The summed E-state index contributed by atoms with van der Waals surface area (Å²) >= 11 is 3.43. The third kappa shape index (κ3) is 5.65. The molecule has 8 heteroatoms. The minimum Gasteiger partial charge on any atom is -0.282 e. The molecule has 7 aromatic carbocycles. The third-order valence-corrected chi connectivity index (χ3v) is 12.9. The zero-order valence-electron chi connectivity index (χ0n) is 30.3. The van der Waals surface area contributed by atoms with Crippen LogP contribution in [0.1, 0.15) is 16.7 Å². The quantitative estimate of drug-likeness (QED) is 0.140. The molecule has 0 bridgehead atoms. The van der Waals surface area contributed by atoms with Crippen molar-refractivity contribution < 1.29 is 0 Å². The van der Waals surface area contributed by atoms with Crippen LogP contribution in [0.2, 0.25) is 0 Å². The molecule has 0 spiro atoms. The SMILES string of the molecule is N=C(N=C(N=Cc1cccc(-c2nn(-c3ccncc3)c3ccc4ccccc4c23)c1)c1cccc2c1sc1ccccc12)c1cccc2c1sc1ccccc12. The van der Waals surface area contributed by atoms with Gasteiger partial charge in [0.25, 0.3) is 0 Å². The molecule has 0 aliphatic heterocycles. The second-order valence-corrected chi connectivity index (χ2v) is 16.0. The summed E-state index contributed by atoms with van der Waals surface area (Å²) in [6.45, 7) is 0. The van der Waals surface area contributed by atoms with Gasteiger partial charge in [0, 0.05) is 81.0 Å². The molecule has 0 saturated heterocycles. The summed E-state index contributed by atoms with van der Waals surface area (Å²) in [5.74, 6) is 0.658. The van der Waals surface area contributed by atoms with E-state index in [2.05, 4.69) is 126 Å². The van der Waals surface area contributed by atoms with Gasteiger partial charge in [-0.2, -0.15) is 5.10 Å². The van der Waals surface area contributed by atoms with Crippen molar-refractivity contribution >= 4 is 103 Å². The van der Waals surface area contributed by atoms with Crippen molar-refractivity contribution in [3.8, 4) is 16.9 Å². The topological polar surface area (TPSA) is 79.3 Å². The van der Waals surface area contributed by atoms with Crippen LogP contribution in [0.3, 0.4) is 0 Å². The molecule has 4 aromatic heterocycles. The molecule has 4 heterocycles. The predicted octanol–water partition coefficient (Wildman–Crippen LogP) is 12.9. The normalized spacial score (nSPS) is 12.3. The molecule has 0 saturated carbocycles. The number of aliphatic imine (C=N–C) groups is 2. The Labute approximate surface area is 334 Å². The number of hydrogen-bond donors (Lipinski definition) is 1. The lowest BCUT2D eigenvalue weighted by Crippen LogP contribution is -2.05. The van der Waals surface area contributed by atoms with Crippen molar-refractivity contribution in [3.05, 3.63) is 187 Å². The number of aromatic nitrogens is 3. The fraction of sp³-hybridized carbons (Fsp3) is 0. The van der Waals surface area contributed by atoms with Gasteiger partial charge in [-0.25, -0.2) is 14.7 Å². The van der Waals surface area contributed by atoms with Crippen molar-refractivity contribution in [2.75, 3.05) is 0 Å². The molecule has 0 radical (unpaired) electrons. The van der Waals surface area contributed by atoms with E-state index in [0.717, 1.165) is 75.5 Å². The first kappa shape index (κ1) is 33.2. The summed E-state index contributed by atoms with van der Waals surface area (Å²) in [7, 11) is 0. The Hall–Kier alpha value is -7.13. The first-order chi connectivity index (χ1) is 28.2. The highest BCUT2D eigenvalue weighted by Crippen LogP contribution is 2.39. The molecule has 268 valence electrons. The molecule has 0 fully saturated rings. The van der Waals surface area contributed by atoms with Crippen LogP contribution in [0.4, 0.5) is 0 Å². The van der Waals surface area contributed by atoms with E-state index >= 15 is 0 Å². The second kappa shape index (κ2) is 13.6. The van der Waals surface area contributed by atoms with Crippen LogP contribution in [-0.4, -0.2) is 32.7 Å². The molecule has 0 aliphatic carbocycles. The Morgan fingerprint density at radius 1 is 0.596 bits per heavy atom. The number of benzene rings is 7. The van der Waals surface area contributed by atoms with Crippen LogP contribution < -0.4 is 0 Å². The number of nitrogens with one attached hydrogen (secondary N) is 1. The largest absolute Gasteiger partial charge is 0.282 e. The number of hydrogen-bond acceptors (Lipinski definition) is 5. The molecule has 0 atom stereocenters. The van der Waals surface area contributed by atoms with E-state index in [4.69, 9.17) is 15.1 Å². The fourth-order valence-electron chi connectivity index (χ4n) is 7.86. The van der Waals surface area contributed by atoms with E-state index in [0.29, 0.717) is 5.84 Å². The Balaban J connectivity index is 1.06. The second-order valence-electron chi connectivity index (χ2n) is 13.9. The van der Waals surface area contributed by atoms with Crippen LogP contribution in [-0.2, 0) is 0 Å². The molecule has 11 aromatic rings. The van der Waals surface area contributed by atoms with Gasteiger partial charge in [0.05, 0.1) is 11.2 Å². The average Bonchev–Trinajstić information content (AvgIpc) is 3.97. The highest BCUT2D eigenvalue weighted by Gasteiger charge is 2.19. The number of fused-ring (bicyclic) bond motifs is 9. The van der Waals surface area contributed by atoms with Gasteiger partial charge in [-0.1, -0.05) is 109 Å². The van der Waals surface area contributed by atoms with E-state index in [1.165, 1.54) is 20.2 Å². The van der Waals surface area contributed by atoms with Crippen molar-refractivity contribution in [1.29, 1.82) is 5.41 Å². The van der Waals surface area contributed by atoms with Gasteiger partial charge in [0.15, 0.2) is 11.7 Å². The molecular weight excluding hydrogens is 737 g/mol. The van der Waals surface area contributed by atoms with Gasteiger partial charge in [0.2, 0.25) is 0 Å². The van der Waals surface area contributed by atoms with Gasteiger partial charge in [-0.05, 0) is 64.9 Å². The molecule has 6 nitrogen and oxygen atoms in total. The summed E-state index contributed by atoms with van der Waals surface area (Å²) < 4.78 is 6.53. The minimum absolute atomic E-state index is 0.172. The van der Waals surface area contributed by atoms with Gasteiger partial charge in [0.1, 0.15) is 5.69 Å². The number of rotatable bonds is 5. The Kier molecular flexibility index (Phi) is 7.91. The number of thiophene rings is 2. The van der Waals surface area contributed by atoms with E-state index in [1.807, 2.05) is 47.3 Å². The summed E-state index contributed by atoms with van der Waals surface area (Å²) in [4.78, 5) is 14.4. The molecular formula is C49H30N6S2. The first-order valence-electron chi connectivity index (χ1n) is 18.6. The molecule has 0 amide bonds. The zero-order valence-corrected chi connectivity index (χ0v) is 31.9. The van der Waals surface area contributed by atoms with E-state index in [-0.39, 0.29) is 5.84 Å². The van der Waals surface area contributed by atoms with Gasteiger partial charge in [-0.3, -0.25) is 10.4 Å². The van der Waals surface area contributed by atoms with Gasteiger partial charge < -0.3 is 0 Å². The number of amidine groups is 2. The van der Waals surface area contributed by atoms with Crippen LogP contribution in [0.25, 0.3) is 79.0 Å². The maximum absolute atomic E-state index is 9.46. The monoisotopic (exact) mass is 766 g/mol. The lowest BCUT2D eigenvalue weighted by molar-refractivity contribution is 0.911. The van der Waals surface area contributed by atoms with Crippen molar-refractivity contribution in [2.24, 2.45) is 9.98 Å². The maximum atomic E-state index is 9.46. The number of nitrogens with zero attached hydrogens (tertiary/aromatic N) is 5. The standard InChI is InChI=1S/C49H30N6S2/c50-48(39-18-8-16-37-35-14-3-5-20-42(35)56-46(37)39)53-49(40-19-9-17-38-36-15-4-6-21-43(36)57-47(38)40)52-29-30-10-7-12-32(28-30)45-44-34-13-2-1-11-31(34)22-23-41(44)55(54-45)33-24-26-51-27-25-33/h1-29,50H. The number of pyridine rings is 1. The van der Waals surface area contributed by atoms with Crippen LogP contribution in [0.5, 0.6) is 0 Å². The predicted molar refractivity (Wildman–Crippen MR) is 241 cm³/mol. The van der Waals surface area contributed by atoms with Crippen LogP contribution in [0.15, 0.2) is 180 Å². The minimum atomic E-state index is 0.172. The molecule has 57 heavy (non-hydrogen) atoms. The highest BCUT2D eigenvalue weighted by atomic mass is 32.1. The zero-order chi connectivity index (χ0) is 37.9. The van der Waals surface area contributed by atoms with Crippen LogP contribution >= 0.6 is 22.7 Å². The Morgan fingerprint density at radius 3 is 1.98 bits per heavy atom. The molecule has 0 aliphatic rings. The highest BCUT2D eigenvalue weighted by molar-refractivity contribution is 7.26. The smallest absolute Gasteiger partial charge is 0.163 e. The fourth-order valence-corrected chi connectivity index (χ4v) is 10.3. The van der Waals surface area contributed by atoms with E-state index < -0.39 is 0 Å². The van der Waals surface area contributed by atoms with E-state index in [9.17, 15) is 5.41 Å². The summed E-state index contributed by atoms with van der Waals surface area (Å²) in [5.41, 5.74) is 6.40. The van der Waals surface area contributed by atoms with Gasteiger partial charge in [-0.15, -0.1) is 22.7 Å². The summed E-state index contributed by atoms with van der Waals surface area (Å²) in [6, 6.07) is 54.3. The van der Waals surface area contributed by atoms with Crippen molar-refractivity contribution in [1.82, 2.24) is 14.8 Å². The van der Waals surface area contributed by atoms with E-state index in [1.54, 1.807) is 35.1 Å². The Morgan fingerprint density at radius 2 is 1.23 bits per heavy atom.